The summed E-state index contributed by atoms with van der Waals surface area (Å²) in [4.78, 5) is 31.3. The minimum absolute atomic E-state index is 0.0465. The molecule has 0 aliphatic carbocycles. The molecular formula is C26H25N3O6S2. The monoisotopic (exact) mass is 539 g/mol. The van der Waals surface area contributed by atoms with Gasteiger partial charge in [-0.15, -0.1) is 11.3 Å². The number of nitrogens with zero attached hydrogens (tertiary/aromatic N) is 1. The molecule has 0 radical (unpaired) electrons. The largest absolute Gasteiger partial charge is 0.497 e. The number of ether oxygens (including phenoxy) is 2. The van der Waals surface area contributed by atoms with E-state index in [0.717, 1.165) is 22.6 Å². The van der Waals surface area contributed by atoms with Crippen LogP contribution in [0, 0.1) is 13.8 Å². The summed E-state index contributed by atoms with van der Waals surface area (Å²) in [7, 11) is -2.41. The van der Waals surface area contributed by atoms with Gasteiger partial charge in [0.25, 0.3) is 15.9 Å². The van der Waals surface area contributed by atoms with E-state index in [0.29, 0.717) is 21.7 Å². The molecule has 0 saturated heterocycles. The number of anilines is 2. The minimum Gasteiger partial charge on any atom is -0.497 e. The van der Waals surface area contributed by atoms with E-state index in [9.17, 15) is 18.0 Å². The predicted molar refractivity (Wildman–Crippen MR) is 143 cm³/mol. The molecule has 2 heterocycles. The van der Waals surface area contributed by atoms with Gasteiger partial charge in [-0.1, -0.05) is 6.07 Å². The molecule has 2 N–H and O–H groups in total. The van der Waals surface area contributed by atoms with Gasteiger partial charge in [0.2, 0.25) is 0 Å². The van der Waals surface area contributed by atoms with Crippen molar-refractivity contribution in [2.45, 2.75) is 25.7 Å². The number of rotatable bonds is 8. The highest BCUT2D eigenvalue weighted by Crippen LogP contribution is 2.38. The Balaban J connectivity index is 1.64. The van der Waals surface area contributed by atoms with E-state index in [1.54, 1.807) is 37.3 Å². The summed E-state index contributed by atoms with van der Waals surface area (Å²) >= 11 is 1.15. The second kappa shape index (κ2) is 10.6. The second-order valence-corrected chi connectivity index (χ2v) is 10.8. The molecule has 37 heavy (non-hydrogen) atoms. The summed E-state index contributed by atoms with van der Waals surface area (Å²) in [5.41, 5.74) is 2.36. The standard InChI is InChI=1S/C26H25N3O6S2/c1-5-35-26(31)23-22(21-15(2)13-16(3)27-25(21)36-23)28-24(30)17-7-6-8-18(14-17)29-37(32,33)20-11-9-19(34-4)10-12-20/h6-14,29H,5H2,1-4H3,(H,28,30). The van der Waals surface area contributed by atoms with E-state index in [1.165, 1.54) is 25.3 Å². The summed E-state index contributed by atoms with van der Waals surface area (Å²) in [6, 6.07) is 13.9. The first-order valence-corrected chi connectivity index (χ1v) is 13.6. The van der Waals surface area contributed by atoms with E-state index >= 15 is 0 Å². The van der Waals surface area contributed by atoms with Crippen LogP contribution >= 0.6 is 11.3 Å². The topological polar surface area (TPSA) is 124 Å². The fourth-order valence-electron chi connectivity index (χ4n) is 3.78. The summed E-state index contributed by atoms with van der Waals surface area (Å²) in [5, 5.41) is 3.48. The number of hydrogen-bond donors (Lipinski definition) is 2. The molecule has 0 unspecified atom stereocenters. The lowest BCUT2D eigenvalue weighted by Crippen LogP contribution is -2.16. The smallest absolute Gasteiger partial charge is 0.350 e. The average molecular weight is 540 g/mol. The molecule has 4 rings (SSSR count). The van der Waals surface area contributed by atoms with Crippen LogP contribution < -0.4 is 14.8 Å². The van der Waals surface area contributed by atoms with Crippen molar-refractivity contribution in [3.63, 3.8) is 0 Å². The molecule has 2 aromatic heterocycles. The first kappa shape index (κ1) is 26.1. The van der Waals surface area contributed by atoms with Gasteiger partial charge in [0.1, 0.15) is 15.5 Å². The van der Waals surface area contributed by atoms with Crippen LogP contribution in [0.2, 0.25) is 0 Å². The highest BCUT2D eigenvalue weighted by molar-refractivity contribution is 7.92. The van der Waals surface area contributed by atoms with Gasteiger partial charge < -0.3 is 14.8 Å². The predicted octanol–water partition coefficient (Wildman–Crippen LogP) is 5.15. The average Bonchev–Trinajstić information content (AvgIpc) is 3.22. The van der Waals surface area contributed by atoms with Crippen molar-refractivity contribution >= 4 is 54.8 Å². The molecular weight excluding hydrogens is 514 g/mol. The van der Waals surface area contributed by atoms with Gasteiger partial charge in [0.15, 0.2) is 0 Å². The third kappa shape index (κ3) is 5.57. The van der Waals surface area contributed by atoms with E-state index in [2.05, 4.69) is 15.0 Å². The maximum atomic E-state index is 13.3. The number of pyridine rings is 1. The third-order valence-electron chi connectivity index (χ3n) is 5.43. The Labute approximate surface area is 218 Å². The van der Waals surface area contributed by atoms with Gasteiger partial charge in [0, 0.05) is 22.3 Å². The highest BCUT2D eigenvalue weighted by Gasteiger charge is 2.24. The lowest BCUT2D eigenvalue weighted by atomic mass is 10.1. The number of amides is 1. The normalized spacial score (nSPS) is 11.2. The number of carbonyl (C=O) groups is 2. The maximum Gasteiger partial charge on any atom is 0.350 e. The Hall–Kier alpha value is -3.96. The van der Waals surface area contributed by atoms with E-state index in [1.807, 2.05) is 19.9 Å². The number of benzene rings is 2. The van der Waals surface area contributed by atoms with Crippen molar-refractivity contribution in [1.82, 2.24) is 4.98 Å². The third-order valence-corrected chi connectivity index (χ3v) is 7.89. The summed E-state index contributed by atoms with van der Waals surface area (Å²) in [6.07, 6.45) is 0. The van der Waals surface area contributed by atoms with Crippen LogP contribution in [-0.2, 0) is 14.8 Å². The molecule has 11 heteroatoms. The molecule has 0 aliphatic heterocycles. The number of carbonyl (C=O) groups excluding carboxylic acids is 2. The van der Waals surface area contributed by atoms with Gasteiger partial charge in [-0.2, -0.15) is 0 Å². The molecule has 1 amide bonds. The molecule has 0 bridgehead atoms. The Kier molecular flexibility index (Phi) is 7.46. The van der Waals surface area contributed by atoms with Crippen molar-refractivity contribution in [3.05, 3.63) is 76.3 Å². The SMILES string of the molecule is CCOC(=O)c1sc2nc(C)cc(C)c2c1NC(=O)c1cccc(NS(=O)(=O)c2ccc(OC)cc2)c1. The van der Waals surface area contributed by atoms with E-state index in [-0.39, 0.29) is 27.6 Å². The Morgan fingerprint density at radius 1 is 1.05 bits per heavy atom. The maximum absolute atomic E-state index is 13.3. The lowest BCUT2D eigenvalue weighted by molar-refractivity contribution is 0.0533. The zero-order valence-corrected chi connectivity index (χ0v) is 22.2. The number of sulfonamides is 1. The van der Waals surface area contributed by atoms with Crippen molar-refractivity contribution in [3.8, 4) is 5.75 Å². The molecule has 192 valence electrons. The fraction of sp³-hybridized carbons (Fsp3) is 0.192. The Morgan fingerprint density at radius 3 is 2.46 bits per heavy atom. The number of nitrogens with one attached hydrogen (secondary N) is 2. The number of esters is 1. The van der Waals surface area contributed by atoms with Crippen LogP contribution in [0.25, 0.3) is 10.2 Å². The van der Waals surface area contributed by atoms with Crippen LogP contribution in [0.4, 0.5) is 11.4 Å². The highest BCUT2D eigenvalue weighted by atomic mass is 32.2. The zero-order chi connectivity index (χ0) is 26.7. The van der Waals surface area contributed by atoms with Crippen molar-refractivity contribution in [2.24, 2.45) is 0 Å². The van der Waals surface area contributed by atoms with Crippen LogP contribution in [-0.4, -0.2) is 39.0 Å². The summed E-state index contributed by atoms with van der Waals surface area (Å²) in [5.74, 6) is -0.545. The second-order valence-electron chi connectivity index (χ2n) is 8.10. The van der Waals surface area contributed by atoms with Gasteiger partial charge in [-0.05, 0) is 74.9 Å². The molecule has 9 nitrogen and oxygen atoms in total. The quantitative estimate of drug-likeness (QED) is 0.297. The fourth-order valence-corrected chi connectivity index (χ4v) is 5.97. The molecule has 0 fully saturated rings. The first-order valence-electron chi connectivity index (χ1n) is 11.3. The first-order chi connectivity index (χ1) is 17.6. The molecule has 4 aromatic rings. The molecule has 0 saturated carbocycles. The van der Waals surface area contributed by atoms with Gasteiger partial charge >= 0.3 is 5.97 Å². The Morgan fingerprint density at radius 2 is 1.78 bits per heavy atom. The summed E-state index contributed by atoms with van der Waals surface area (Å²) < 4.78 is 38.4. The number of methoxy groups -OCH3 is 1. The summed E-state index contributed by atoms with van der Waals surface area (Å²) in [6.45, 7) is 5.62. The molecule has 2 aromatic carbocycles. The Bertz CT molecular complexity index is 1590. The number of hydrogen-bond acceptors (Lipinski definition) is 8. The van der Waals surface area contributed by atoms with Crippen LogP contribution in [0.3, 0.4) is 0 Å². The van der Waals surface area contributed by atoms with Crippen LogP contribution in [0.5, 0.6) is 5.75 Å². The van der Waals surface area contributed by atoms with Crippen LogP contribution in [0.1, 0.15) is 38.2 Å². The van der Waals surface area contributed by atoms with E-state index in [4.69, 9.17) is 9.47 Å². The van der Waals surface area contributed by atoms with Gasteiger partial charge in [0.05, 0.1) is 24.3 Å². The van der Waals surface area contributed by atoms with Crippen molar-refractivity contribution in [2.75, 3.05) is 23.8 Å². The van der Waals surface area contributed by atoms with Crippen LogP contribution in [0.15, 0.2) is 59.5 Å². The van der Waals surface area contributed by atoms with Gasteiger partial charge in [-0.3, -0.25) is 9.52 Å². The molecule has 0 aliphatic rings. The number of aryl methyl sites for hydroxylation is 2. The lowest BCUT2D eigenvalue weighted by Gasteiger charge is -2.11. The molecule has 0 atom stereocenters. The van der Waals surface area contributed by atoms with Crippen molar-refractivity contribution < 1.29 is 27.5 Å². The van der Waals surface area contributed by atoms with Crippen molar-refractivity contribution in [1.29, 1.82) is 0 Å². The zero-order valence-electron chi connectivity index (χ0n) is 20.6. The van der Waals surface area contributed by atoms with E-state index < -0.39 is 21.9 Å². The van der Waals surface area contributed by atoms with Gasteiger partial charge in [-0.25, -0.2) is 18.2 Å². The number of thiophene rings is 1. The minimum atomic E-state index is -3.90. The molecule has 0 spiro atoms. The number of aromatic nitrogens is 1. The number of fused-ring (bicyclic) bond motifs is 1.